The minimum absolute atomic E-state index is 0.121. The monoisotopic (exact) mass is 343 g/mol. The van der Waals surface area contributed by atoms with E-state index in [9.17, 15) is 9.18 Å². The van der Waals surface area contributed by atoms with Crippen molar-refractivity contribution >= 4 is 5.91 Å². The molecule has 2 aromatic rings. The number of hydrogen-bond acceptors (Lipinski definition) is 3. The van der Waals surface area contributed by atoms with E-state index < -0.39 is 0 Å². The van der Waals surface area contributed by atoms with Crippen LogP contribution in [-0.2, 0) is 16.1 Å². The van der Waals surface area contributed by atoms with Gasteiger partial charge in [-0.25, -0.2) is 4.39 Å². The summed E-state index contributed by atoms with van der Waals surface area (Å²) in [7, 11) is 1.75. The fraction of sp³-hybridized carbons (Fsp3) is 0.474. The highest BCUT2D eigenvalue weighted by Crippen LogP contribution is 2.36. The lowest BCUT2D eigenvalue weighted by Gasteiger charge is -2.38. The molecule has 2 aliphatic rings. The van der Waals surface area contributed by atoms with Gasteiger partial charge in [0.15, 0.2) is 0 Å². The van der Waals surface area contributed by atoms with Crippen LogP contribution < -0.4 is 0 Å². The lowest BCUT2D eigenvalue weighted by Crippen LogP contribution is -2.49. The van der Waals surface area contributed by atoms with Gasteiger partial charge in [0.05, 0.1) is 12.3 Å². The second kappa shape index (κ2) is 6.59. The molecule has 25 heavy (non-hydrogen) atoms. The molecule has 1 aromatic carbocycles. The van der Waals surface area contributed by atoms with E-state index in [2.05, 4.69) is 10.00 Å². The van der Waals surface area contributed by atoms with E-state index in [0.29, 0.717) is 12.1 Å². The van der Waals surface area contributed by atoms with Gasteiger partial charge in [-0.3, -0.25) is 9.48 Å². The Morgan fingerprint density at radius 3 is 2.52 bits per heavy atom. The first kappa shape index (κ1) is 16.3. The Kier molecular flexibility index (Phi) is 4.29. The molecule has 0 radical (unpaired) electrons. The van der Waals surface area contributed by atoms with Crippen LogP contribution in [0.15, 0.2) is 36.7 Å². The van der Waals surface area contributed by atoms with Gasteiger partial charge in [-0.2, -0.15) is 5.10 Å². The fourth-order valence-electron chi connectivity index (χ4n) is 4.19. The highest BCUT2D eigenvalue weighted by atomic mass is 19.1. The van der Waals surface area contributed by atoms with Crippen LogP contribution in [-0.4, -0.2) is 45.9 Å². The summed E-state index contributed by atoms with van der Waals surface area (Å²) in [6.07, 6.45) is 7.82. The average Bonchev–Trinajstić information content (AvgIpc) is 3.17. The van der Waals surface area contributed by atoms with Crippen molar-refractivity contribution in [3.8, 4) is 11.1 Å². The van der Waals surface area contributed by atoms with Gasteiger partial charge >= 0.3 is 0 Å². The van der Waals surface area contributed by atoms with Crippen molar-refractivity contribution < 1.29 is 13.9 Å². The number of rotatable bonds is 4. The SMILES string of the molecule is COC1CC2CCC(C1)N2C(=O)Cn1cc(-c2ccc(F)cc2)cn1. The first-order valence-corrected chi connectivity index (χ1v) is 8.76. The van der Waals surface area contributed by atoms with Crippen LogP contribution in [0.25, 0.3) is 11.1 Å². The molecule has 2 atom stereocenters. The Morgan fingerprint density at radius 2 is 1.88 bits per heavy atom. The highest BCUT2D eigenvalue weighted by molar-refractivity contribution is 5.77. The molecule has 2 bridgehead atoms. The summed E-state index contributed by atoms with van der Waals surface area (Å²) in [4.78, 5) is 14.8. The largest absolute Gasteiger partial charge is 0.381 e. The number of aromatic nitrogens is 2. The van der Waals surface area contributed by atoms with Crippen molar-refractivity contribution in [1.29, 1.82) is 0 Å². The summed E-state index contributed by atoms with van der Waals surface area (Å²) in [6.45, 7) is 0.242. The van der Waals surface area contributed by atoms with Gasteiger partial charge in [-0.15, -0.1) is 0 Å². The van der Waals surface area contributed by atoms with Crippen LogP contribution in [0.1, 0.15) is 25.7 Å². The predicted molar refractivity (Wildman–Crippen MR) is 91.3 cm³/mol. The van der Waals surface area contributed by atoms with E-state index in [0.717, 1.165) is 36.8 Å². The summed E-state index contributed by atoms with van der Waals surface area (Å²) in [5.74, 6) is -0.142. The number of benzene rings is 1. The molecule has 3 heterocycles. The number of amides is 1. The molecule has 1 aromatic heterocycles. The van der Waals surface area contributed by atoms with E-state index >= 15 is 0 Å². The van der Waals surface area contributed by atoms with Crippen molar-refractivity contribution in [3.63, 3.8) is 0 Å². The first-order valence-electron chi connectivity index (χ1n) is 8.76. The highest BCUT2D eigenvalue weighted by Gasteiger charge is 2.43. The molecule has 0 spiro atoms. The number of carbonyl (C=O) groups excluding carboxylic acids is 1. The molecule has 2 fully saturated rings. The van der Waals surface area contributed by atoms with Crippen molar-refractivity contribution in [2.24, 2.45) is 0 Å². The van der Waals surface area contributed by atoms with E-state index in [4.69, 9.17) is 4.74 Å². The van der Waals surface area contributed by atoms with Gasteiger partial charge in [0.25, 0.3) is 0 Å². The number of halogens is 1. The Bertz CT molecular complexity index is 744. The van der Waals surface area contributed by atoms with Crippen molar-refractivity contribution in [2.45, 2.75) is 50.4 Å². The van der Waals surface area contributed by atoms with Crippen molar-refractivity contribution in [1.82, 2.24) is 14.7 Å². The quantitative estimate of drug-likeness (QED) is 0.858. The molecule has 1 amide bonds. The summed E-state index contributed by atoms with van der Waals surface area (Å²) in [6, 6.07) is 6.87. The van der Waals surface area contributed by atoms with E-state index in [1.54, 1.807) is 30.1 Å². The standard InChI is InChI=1S/C19H22FN3O2/c1-25-18-8-16-6-7-17(9-18)23(16)19(24)12-22-11-14(10-21-22)13-2-4-15(20)5-3-13/h2-5,10-11,16-18H,6-9,12H2,1H3. The third-order valence-corrected chi connectivity index (χ3v) is 5.42. The van der Waals surface area contributed by atoms with E-state index in [1.807, 2.05) is 6.20 Å². The molecule has 6 heteroatoms. The Morgan fingerprint density at radius 1 is 1.20 bits per heavy atom. The molecule has 4 rings (SSSR count). The summed E-state index contributed by atoms with van der Waals surface area (Å²) < 4.78 is 20.2. The van der Waals surface area contributed by atoms with Gasteiger partial charge in [0.1, 0.15) is 12.4 Å². The van der Waals surface area contributed by atoms with Crippen LogP contribution in [0.2, 0.25) is 0 Å². The lowest BCUT2D eigenvalue weighted by molar-refractivity contribution is -0.138. The first-order chi connectivity index (χ1) is 12.1. The number of carbonyl (C=O) groups is 1. The van der Waals surface area contributed by atoms with Gasteiger partial charge in [-0.1, -0.05) is 12.1 Å². The molecule has 0 aliphatic carbocycles. The van der Waals surface area contributed by atoms with Crippen LogP contribution in [0.3, 0.4) is 0 Å². The molecule has 0 N–H and O–H groups in total. The number of methoxy groups -OCH3 is 1. The number of nitrogens with zero attached hydrogens (tertiary/aromatic N) is 3. The molecule has 2 unspecified atom stereocenters. The second-order valence-electron chi connectivity index (χ2n) is 6.95. The summed E-state index contributed by atoms with van der Waals surface area (Å²) >= 11 is 0. The molecule has 2 aliphatic heterocycles. The Balaban J connectivity index is 1.44. The lowest BCUT2D eigenvalue weighted by atomic mass is 9.99. The van der Waals surface area contributed by atoms with E-state index in [-0.39, 0.29) is 24.4 Å². The molecule has 0 saturated carbocycles. The Hall–Kier alpha value is -2.21. The average molecular weight is 343 g/mol. The maximum Gasteiger partial charge on any atom is 0.244 e. The van der Waals surface area contributed by atoms with Gasteiger partial charge in [0.2, 0.25) is 5.91 Å². The molecule has 5 nitrogen and oxygen atoms in total. The zero-order chi connectivity index (χ0) is 17.4. The van der Waals surface area contributed by atoms with Gasteiger partial charge in [-0.05, 0) is 43.4 Å². The number of piperidine rings is 1. The molecular weight excluding hydrogens is 321 g/mol. The van der Waals surface area contributed by atoms with Crippen molar-refractivity contribution in [3.05, 3.63) is 42.5 Å². The van der Waals surface area contributed by atoms with Gasteiger partial charge < -0.3 is 9.64 Å². The van der Waals surface area contributed by atoms with Crippen LogP contribution in [0.5, 0.6) is 0 Å². The maximum absolute atomic E-state index is 13.0. The minimum Gasteiger partial charge on any atom is -0.381 e. The molecule has 132 valence electrons. The summed E-state index contributed by atoms with van der Waals surface area (Å²) in [5, 5.41) is 4.30. The van der Waals surface area contributed by atoms with Crippen LogP contribution in [0.4, 0.5) is 4.39 Å². The predicted octanol–water partition coefficient (Wildman–Crippen LogP) is 2.86. The number of hydrogen-bond donors (Lipinski definition) is 0. The normalized spacial score (nSPS) is 25.4. The number of fused-ring (bicyclic) bond motifs is 2. The smallest absolute Gasteiger partial charge is 0.244 e. The van der Waals surface area contributed by atoms with Crippen molar-refractivity contribution in [2.75, 3.05) is 7.11 Å². The third-order valence-electron chi connectivity index (χ3n) is 5.42. The minimum atomic E-state index is -0.263. The second-order valence-corrected chi connectivity index (χ2v) is 6.95. The maximum atomic E-state index is 13.0. The third kappa shape index (κ3) is 3.18. The zero-order valence-electron chi connectivity index (χ0n) is 14.3. The number of ether oxygens (including phenoxy) is 1. The summed E-state index contributed by atoms with van der Waals surface area (Å²) in [5.41, 5.74) is 1.77. The van der Waals surface area contributed by atoms with Gasteiger partial charge in [0, 0.05) is 31.0 Å². The molecule has 2 saturated heterocycles. The Labute approximate surface area is 146 Å². The molecular formula is C19H22FN3O2. The van der Waals surface area contributed by atoms with Crippen LogP contribution in [0, 0.1) is 5.82 Å². The van der Waals surface area contributed by atoms with Crippen LogP contribution >= 0.6 is 0 Å². The topological polar surface area (TPSA) is 47.4 Å². The zero-order valence-corrected chi connectivity index (χ0v) is 14.3. The van der Waals surface area contributed by atoms with E-state index in [1.165, 1.54) is 12.1 Å². The fourth-order valence-corrected chi connectivity index (χ4v) is 4.19.